The molecule has 1 aliphatic heterocycles. The molecular formula is C15H18FN3O2. The predicted octanol–water partition coefficient (Wildman–Crippen LogP) is 2.43. The maximum absolute atomic E-state index is 14.0. The molecule has 1 aromatic carbocycles. The predicted molar refractivity (Wildman–Crippen MR) is 75.5 cm³/mol. The van der Waals surface area contributed by atoms with Gasteiger partial charge in [-0.15, -0.1) is 0 Å². The van der Waals surface area contributed by atoms with E-state index in [4.69, 9.17) is 9.26 Å². The Morgan fingerprint density at radius 3 is 3.10 bits per heavy atom. The highest BCUT2D eigenvalue weighted by Crippen LogP contribution is 2.25. The summed E-state index contributed by atoms with van der Waals surface area (Å²) in [5.74, 6) is 1.40. The molecule has 0 aliphatic carbocycles. The van der Waals surface area contributed by atoms with Gasteiger partial charge in [0.15, 0.2) is 5.82 Å². The summed E-state index contributed by atoms with van der Waals surface area (Å²) in [7, 11) is 1.50. The summed E-state index contributed by atoms with van der Waals surface area (Å²) in [6.45, 7) is 2.05. The topological polar surface area (TPSA) is 60.2 Å². The average Bonchev–Trinajstić information content (AvgIpc) is 2.96. The lowest BCUT2D eigenvalue weighted by Gasteiger charge is -2.20. The van der Waals surface area contributed by atoms with Crippen LogP contribution in [0.4, 0.5) is 4.39 Å². The van der Waals surface area contributed by atoms with Crippen LogP contribution >= 0.6 is 0 Å². The van der Waals surface area contributed by atoms with Crippen molar-refractivity contribution in [3.05, 3.63) is 29.8 Å². The van der Waals surface area contributed by atoms with Crippen molar-refractivity contribution in [1.29, 1.82) is 0 Å². The van der Waals surface area contributed by atoms with E-state index in [2.05, 4.69) is 15.5 Å². The molecule has 1 atom stereocenters. The fourth-order valence-electron chi connectivity index (χ4n) is 2.60. The third-order valence-electron chi connectivity index (χ3n) is 3.74. The second kappa shape index (κ2) is 6.22. The summed E-state index contributed by atoms with van der Waals surface area (Å²) < 4.78 is 24.1. The van der Waals surface area contributed by atoms with Gasteiger partial charge in [-0.05, 0) is 44.0 Å². The van der Waals surface area contributed by atoms with E-state index in [0.29, 0.717) is 23.1 Å². The second-order valence-electron chi connectivity index (χ2n) is 5.28. The molecule has 0 saturated carbocycles. The van der Waals surface area contributed by atoms with Gasteiger partial charge in [-0.2, -0.15) is 4.98 Å². The number of rotatable bonds is 4. The summed E-state index contributed by atoms with van der Waals surface area (Å²) in [4.78, 5) is 4.30. The molecule has 0 amide bonds. The van der Waals surface area contributed by atoms with Crippen LogP contribution in [0.1, 0.15) is 18.7 Å². The molecule has 0 spiro atoms. The van der Waals surface area contributed by atoms with E-state index >= 15 is 0 Å². The van der Waals surface area contributed by atoms with Gasteiger partial charge in [0.25, 0.3) is 5.89 Å². The van der Waals surface area contributed by atoms with Crippen molar-refractivity contribution in [2.75, 3.05) is 20.2 Å². The first kappa shape index (κ1) is 14.0. The molecular weight excluding hydrogens is 273 g/mol. The number of halogens is 1. The molecule has 112 valence electrons. The zero-order valence-electron chi connectivity index (χ0n) is 11.9. The van der Waals surface area contributed by atoms with Gasteiger partial charge in [0.1, 0.15) is 11.6 Å². The van der Waals surface area contributed by atoms with Crippen molar-refractivity contribution < 1.29 is 13.7 Å². The highest BCUT2D eigenvalue weighted by molar-refractivity contribution is 5.55. The first-order chi connectivity index (χ1) is 10.3. The van der Waals surface area contributed by atoms with Crippen molar-refractivity contribution in [1.82, 2.24) is 15.5 Å². The van der Waals surface area contributed by atoms with Crippen molar-refractivity contribution in [3.63, 3.8) is 0 Å². The SMILES string of the molecule is COc1ccc(-c2nc(CC3CCCNC3)no2)c(F)c1. The van der Waals surface area contributed by atoms with Gasteiger partial charge in [-0.1, -0.05) is 5.16 Å². The summed E-state index contributed by atoms with van der Waals surface area (Å²) >= 11 is 0. The maximum Gasteiger partial charge on any atom is 0.260 e. The van der Waals surface area contributed by atoms with Crippen molar-refractivity contribution >= 4 is 0 Å². The number of hydrogen-bond donors (Lipinski definition) is 1. The summed E-state index contributed by atoms with van der Waals surface area (Å²) in [6, 6.07) is 4.57. The number of piperidine rings is 1. The number of nitrogens with zero attached hydrogens (tertiary/aromatic N) is 2. The van der Waals surface area contributed by atoms with Gasteiger partial charge >= 0.3 is 0 Å². The zero-order chi connectivity index (χ0) is 14.7. The third kappa shape index (κ3) is 3.21. The maximum atomic E-state index is 14.0. The highest BCUT2D eigenvalue weighted by Gasteiger charge is 2.18. The number of ether oxygens (including phenoxy) is 1. The Kier molecular flexibility index (Phi) is 4.15. The van der Waals surface area contributed by atoms with Crippen molar-refractivity contribution in [3.8, 4) is 17.2 Å². The van der Waals surface area contributed by atoms with Crippen LogP contribution in [0.25, 0.3) is 11.5 Å². The molecule has 5 nitrogen and oxygen atoms in total. The second-order valence-corrected chi connectivity index (χ2v) is 5.28. The number of nitrogens with one attached hydrogen (secondary N) is 1. The van der Waals surface area contributed by atoms with E-state index in [1.807, 2.05) is 0 Å². The first-order valence-electron chi connectivity index (χ1n) is 7.13. The molecule has 3 rings (SSSR count). The lowest BCUT2D eigenvalue weighted by Crippen LogP contribution is -2.31. The van der Waals surface area contributed by atoms with Crippen LogP contribution < -0.4 is 10.1 Å². The minimum Gasteiger partial charge on any atom is -0.497 e. The molecule has 1 unspecified atom stereocenters. The quantitative estimate of drug-likeness (QED) is 0.937. The molecule has 21 heavy (non-hydrogen) atoms. The van der Waals surface area contributed by atoms with Crippen molar-refractivity contribution in [2.24, 2.45) is 5.92 Å². The van der Waals surface area contributed by atoms with Crippen LogP contribution in [0.15, 0.2) is 22.7 Å². The number of aromatic nitrogens is 2. The highest BCUT2D eigenvalue weighted by atomic mass is 19.1. The Labute approximate surface area is 122 Å². The van der Waals surface area contributed by atoms with Crippen LogP contribution in [-0.2, 0) is 6.42 Å². The Morgan fingerprint density at radius 1 is 1.48 bits per heavy atom. The fourth-order valence-corrected chi connectivity index (χ4v) is 2.60. The van der Waals surface area contributed by atoms with E-state index in [9.17, 15) is 4.39 Å². The number of methoxy groups -OCH3 is 1. The lowest BCUT2D eigenvalue weighted by molar-refractivity contribution is 0.359. The molecule has 0 radical (unpaired) electrons. The first-order valence-corrected chi connectivity index (χ1v) is 7.13. The smallest absolute Gasteiger partial charge is 0.260 e. The number of benzene rings is 1. The molecule has 1 aromatic heterocycles. The minimum atomic E-state index is -0.427. The summed E-state index contributed by atoms with van der Waals surface area (Å²) in [6.07, 6.45) is 3.09. The molecule has 6 heteroatoms. The van der Waals surface area contributed by atoms with Gasteiger partial charge in [0.2, 0.25) is 0 Å². The Morgan fingerprint density at radius 2 is 2.38 bits per heavy atom. The molecule has 1 saturated heterocycles. The Balaban J connectivity index is 1.75. The van der Waals surface area contributed by atoms with E-state index in [0.717, 1.165) is 25.9 Å². The van der Waals surface area contributed by atoms with Crippen LogP contribution in [0.5, 0.6) is 5.75 Å². The molecule has 2 heterocycles. The van der Waals surface area contributed by atoms with Gasteiger partial charge in [0.05, 0.1) is 12.7 Å². The van der Waals surface area contributed by atoms with E-state index in [1.54, 1.807) is 12.1 Å². The zero-order valence-corrected chi connectivity index (χ0v) is 11.9. The van der Waals surface area contributed by atoms with Gasteiger partial charge in [0, 0.05) is 12.5 Å². The lowest BCUT2D eigenvalue weighted by atomic mass is 9.96. The molecule has 1 fully saturated rings. The van der Waals surface area contributed by atoms with Gasteiger partial charge in [-0.25, -0.2) is 4.39 Å². The summed E-state index contributed by atoms with van der Waals surface area (Å²) in [5, 5.41) is 7.31. The average molecular weight is 291 g/mol. The van der Waals surface area contributed by atoms with Gasteiger partial charge in [-0.3, -0.25) is 0 Å². The molecule has 0 bridgehead atoms. The fraction of sp³-hybridized carbons (Fsp3) is 0.467. The summed E-state index contributed by atoms with van der Waals surface area (Å²) in [5.41, 5.74) is 0.302. The van der Waals surface area contributed by atoms with E-state index in [-0.39, 0.29) is 5.89 Å². The monoisotopic (exact) mass is 291 g/mol. The molecule has 1 N–H and O–H groups in total. The van der Waals surface area contributed by atoms with Crippen LogP contribution in [0.2, 0.25) is 0 Å². The van der Waals surface area contributed by atoms with E-state index < -0.39 is 5.82 Å². The van der Waals surface area contributed by atoms with Crippen LogP contribution in [-0.4, -0.2) is 30.3 Å². The van der Waals surface area contributed by atoms with Crippen LogP contribution in [0.3, 0.4) is 0 Å². The standard InChI is InChI=1S/C15H18FN3O2/c1-20-11-4-5-12(13(16)8-11)15-18-14(19-21-15)7-10-3-2-6-17-9-10/h4-5,8,10,17H,2-3,6-7,9H2,1H3. The molecule has 1 aliphatic rings. The van der Waals surface area contributed by atoms with E-state index in [1.165, 1.54) is 19.6 Å². The van der Waals surface area contributed by atoms with Crippen molar-refractivity contribution in [2.45, 2.75) is 19.3 Å². The third-order valence-corrected chi connectivity index (χ3v) is 3.74. The Hall–Kier alpha value is -1.95. The number of hydrogen-bond acceptors (Lipinski definition) is 5. The minimum absolute atomic E-state index is 0.217. The van der Waals surface area contributed by atoms with Crippen LogP contribution in [0, 0.1) is 11.7 Å². The largest absolute Gasteiger partial charge is 0.497 e. The molecule has 2 aromatic rings. The normalized spacial score (nSPS) is 18.7. The van der Waals surface area contributed by atoms with Gasteiger partial charge < -0.3 is 14.6 Å². The Bertz CT molecular complexity index is 609.